The van der Waals surface area contributed by atoms with Gasteiger partial charge in [0.2, 0.25) is 0 Å². The van der Waals surface area contributed by atoms with Crippen molar-refractivity contribution >= 4 is 8.41 Å². The molecule has 2 aromatic rings. The normalized spacial score (nSPS) is 8.71. The fourth-order valence-corrected chi connectivity index (χ4v) is 1.60. The van der Waals surface area contributed by atoms with E-state index in [1.165, 1.54) is 12.1 Å². The average molecular weight is 316 g/mol. The van der Waals surface area contributed by atoms with Crippen molar-refractivity contribution < 1.29 is 32.0 Å². The van der Waals surface area contributed by atoms with Crippen molar-refractivity contribution in [1.29, 1.82) is 0 Å². The van der Waals surface area contributed by atoms with Gasteiger partial charge in [0.15, 0.2) is 0 Å². The van der Waals surface area contributed by atoms with Crippen molar-refractivity contribution in [2.45, 2.75) is 6.18 Å². The molecule has 0 heterocycles. The first kappa shape index (κ1) is 27.4. The zero-order chi connectivity index (χ0) is 11.6. The Morgan fingerprint density at radius 3 is 1.52 bits per heavy atom. The second kappa shape index (κ2) is 10.8. The Bertz CT molecular complexity index is 485. The van der Waals surface area contributed by atoms with Crippen LogP contribution in [0.4, 0.5) is 32.0 Å². The lowest BCUT2D eigenvalue weighted by molar-refractivity contribution is -0.137. The number of halogens is 7. The highest BCUT2D eigenvalue weighted by Crippen LogP contribution is 2.36. The van der Waals surface area contributed by atoms with Crippen LogP contribution in [0.5, 0.6) is 0 Å². The summed E-state index contributed by atoms with van der Waals surface area (Å²) >= 11 is 0. The minimum Gasteiger partial charge on any atom is -0.269 e. The first-order valence-corrected chi connectivity index (χ1v) is 4.80. The molecule has 2 aromatic carbocycles. The van der Waals surface area contributed by atoms with Crippen molar-refractivity contribution in [3.05, 3.63) is 60.2 Å². The lowest BCUT2D eigenvalue weighted by Crippen LogP contribution is -2.06. The second-order valence-corrected chi connectivity index (χ2v) is 3.41. The third-order valence-electron chi connectivity index (χ3n) is 2.32. The highest BCUT2D eigenvalue weighted by atomic mass is 19.4. The van der Waals surface area contributed by atoms with Crippen LogP contribution in [0.3, 0.4) is 0 Å². The minimum absolute atomic E-state index is 0. The van der Waals surface area contributed by atoms with Crippen LogP contribution >= 0.6 is 0 Å². The number of benzene rings is 2. The van der Waals surface area contributed by atoms with Gasteiger partial charge in [-0.3, -0.25) is 18.8 Å². The quantitative estimate of drug-likeness (QED) is 0.554. The summed E-state index contributed by atoms with van der Waals surface area (Å²) in [4.78, 5) is 0. The van der Waals surface area contributed by atoms with Gasteiger partial charge < -0.3 is 0 Å². The van der Waals surface area contributed by atoms with Gasteiger partial charge in [0.1, 0.15) is 0 Å². The summed E-state index contributed by atoms with van der Waals surface area (Å²) in [6.45, 7) is 0. The van der Waals surface area contributed by atoms with Crippen molar-refractivity contribution in [2.24, 2.45) is 0 Å². The third kappa shape index (κ3) is 6.33. The van der Waals surface area contributed by atoms with E-state index in [-0.39, 0.29) is 32.8 Å². The predicted molar refractivity (Wildman–Crippen MR) is 76.8 cm³/mol. The van der Waals surface area contributed by atoms with Crippen molar-refractivity contribution in [2.75, 3.05) is 0 Å². The van der Waals surface area contributed by atoms with Crippen LogP contribution in [0.25, 0.3) is 11.1 Å². The first-order valence-electron chi connectivity index (χ1n) is 4.80. The molecule has 0 nitrogen and oxygen atoms in total. The Morgan fingerprint density at radius 1 is 0.619 bits per heavy atom. The number of hydrogen-bond acceptors (Lipinski definition) is 0. The highest BCUT2D eigenvalue weighted by Gasteiger charge is 2.33. The molecule has 0 fully saturated rings. The lowest BCUT2D eigenvalue weighted by Gasteiger charge is -2.12. The topological polar surface area (TPSA) is 0 Å². The molecule has 0 spiro atoms. The summed E-state index contributed by atoms with van der Waals surface area (Å²) in [6.07, 6.45) is -4.31. The van der Waals surface area contributed by atoms with Gasteiger partial charge in [-0.2, -0.15) is 13.2 Å². The van der Waals surface area contributed by atoms with Crippen LogP contribution in [0.15, 0.2) is 54.6 Å². The smallest absolute Gasteiger partial charge is 0.269 e. The maximum absolute atomic E-state index is 12.7. The molecule has 0 saturated carbocycles. The van der Waals surface area contributed by atoms with Gasteiger partial charge in [-0.05, 0) is 17.2 Å². The second-order valence-electron chi connectivity index (χ2n) is 3.41. The number of alkyl halides is 3. The fraction of sp³-hybridized carbons (Fsp3) is 0.0769. The summed E-state index contributed by atoms with van der Waals surface area (Å²) in [7, 11) is 0. The standard InChI is InChI=1S/C13H9F3.BH3.4FH/c14-13(15,16)12-9-5-4-8-11(12)10-6-2-1-3-7-10;;;;;/h1-9H;1H3;4*1H. The molecule has 0 aliphatic heterocycles. The maximum Gasteiger partial charge on any atom is 0.417 e. The summed E-state index contributed by atoms with van der Waals surface area (Å²) in [5.41, 5.74) is 0.201. The van der Waals surface area contributed by atoms with Gasteiger partial charge in [0.25, 0.3) is 0 Å². The SMILES string of the molecule is B.F.F.F.F.FC(F)(F)c1ccccc1-c1ccccc1. The zero-order valence-electron chi connectivity index (χ0n) is 9.96. The van der Waals surface area contributed by atoms with E-state index in [9.17, 15) is 13.2 Å². The molecule has 0 aliphatic carbocycles. The van der Waals surface area contributed by atoms with Crippen LogP contribution in [0.2, 0.25) is 0 Å². The summed E-state index contributed by atoms with van der Waals surface area (Å²) in [5.74, 6) is 0. The van der Waals surface area contributed by atoms with Gasteiger partial charge in [-0.1, -0.05) is 48.5 Å². The number of rotatable bonds is 1. The van der Waals surface area contributed by atoms with Gasteiger partial charge >= 0.3 is 6.18 Å². The molecule has 120 valence electrons. The Labute approximate surface area is 119 Å². The van der Waals surface area contributed by atoms with E-state index < -0.39 is 11.7 Å². The Morgan fingerprint density at radius 2 is 1.05 bits per heavy atom. The van der Waals surface area contributed by atoms with Gasteiger partial charge in [-0.15, -0.1) is 0 Å². The Hall–Kier alpha value is -1.99. The van der Waals surface area contributed by atoms with Gasteiger partial charge in [-0.25, -0.2) is 0 Å². The molecule has 2 rings (SSSR count). The molecule has 8 heteroatoms. The maximum atomic E-state index is 12.7. The molecule has 0 aliphatic rings. The minimum atomic E-state index is -4.31. The van der Waals surface area contributed by atoms with Crippen molar-refractivity contribution in [3.63, 3.8) is 0 Å². The Kier molecular flexibility index (Phi) is 14.0. The molecule has 0 amide bonds. The van der Waals surface area contributed by atoms with E-state index >= 15 is 0 Å². The molecule has 0 saturated heterocycles. The highest BCUT2D eigenvalue weighted by molar-refractivity contribution is 5.75. The molecule has 0 atom stereocenters. The number of hydrogen-bond donors (Lipinski definition) is 0. The van der Waals surface area contributed by atoms with Gasteiger partial charge in [0, 0.05) is 0 Å². The van der Waals surface area contributed by atoms with E-state index in [1.54, 1.807) is 36.4 Å². The molecule has 0 N–H and O–H groups in total. The molecule has 0 radical (unpaired) electrons. The molecular weight excluding hydrogens is 300 g/mol. The van der Waals surface area contributed by atoms with E-state index in [0.717, 1.165) is 6.07 Å². The summed E-state index contributed by atoms with van der Waals surface area (Å²) < 4.78 is 38.2. The third-order valence-corrected chi connectivity index (χ3v) is 2.32. The monoisotopic (exact) mass is 316 g/mol. The van der Waals surface area contributed by atoms with E-state index in [0.29, 0.717) is 5.56 Å². The lowest BCUT2D eigenvalue weighted by atomic mass is 9.99. The summed E-state index contributed by atoms with van der Waals surface area (Å²) in [5, 5.41) is 0. The molecule has 0 aromatic heterocycles. The van der Waals surface area contributed by atoms with Crippen molar-refractivity contribution in [3.8, 4) is 11.1 Å². The average Bonchev–Trinajstić information content (AvgIpc) is 2.29. The van der Waals surface area contributed by atoms with Crippen LogP contribution in [0, 0.1) is 0 Å². The van der Waals surface area contributed by atoms with Gasteiger partial charge in [0.05, 0.1) is 14.0 Å². The molecule has 21 heavy (non-hydrogen) atoms. The van der Waals surface area contributed by atoms with Crippen LogP contribution < -0.4 is 0 Å². The van der Waals surface area contributed by atoms with E-state index in [1.807, 2.05) is 0 Å². The fourth-order valence-electron chi connectivity index (χ4n) is 1.60. The van der Waals surface area contributed by atoms with Crippen LogP contribution in [-0.2, 0) is 6.18 Å². The van der Waals surface area contributed by atoms with Crippen molar-refractivity contribution in [1.82, 2.24) is 0 Å². The molecule has 0 bridgehead atoms. The predicted octanol–water partition coefficient (Wildman–Crippen LogP) is 3.80. The first-order chi connectivity index (χ1) is 7.59. The van der Waals surface area contributed by atoms with E-state index in [4.69, 9.17) is 0 Å². The van der Waals surface area contributed by atoms with Crippen LogP contribution in [0.1, 0.15) is 5.56 Å². The zero-order valence-corrected chi connectivity index (χ0v) is 9.96. The Balaban J connectivity index is -0.000000289. The molecular formula is C13H16BF7. The van der Waals surface area contributed by atoms with E-state index in [2.05, 4.69) is 0 Å². The summed E-state index contributed by atoms with van der Waals surface area (Å²) in [6, 6.07) is 14.2. The molecule has 0 unspecified atom stereocenters. The van der Waals surface area contributed by atoms with Crippen LogP contribution in [-0.4, -0.2) is 8.41 Å². The largest absolute Gasteiger partial charge is 0.417 e.